The van der Waals surface area contributed by atoms with Crippen LogP contribution in [0.2, 0.25) is 0 Å². The van der Waals surface area contributed by atoms with Crippen LogP contribution in [0.25, 0.3) is 6.08 Å². The second-order valence-electron chi connectivity index (χ2n) is 3.02. The molecule has 0 saturated carbocycles. The number of carbonyl (C=O) groups excluding carboxylic acids is 1. The molecule has 0 radical (unpaired) electrons. The van der Waals surface area contributed by atoms with Crippen LogP contribution in [0.4, 0.5) is 0 Å². The molecule has 1 aromatic rings. The van der Waals surface area contributed by atoms with Crippen molar-refractivity contribution in [2.75, 3.05) is 0 Å². The van der Waals surface area contributed by atoms with E-state index in [-0.39, 0.29) is 5.91 Å². The number of rotatable bonds is 1. The Kier molecular flexibility index (Phi) is 3.01. The van der Waals surface area contributed by atoms with Gasteiger partial charge in [-0.2, -0.15) is 0 Å². The molecule has 0 aliphatic carbocycles. The Labute approximate surface area is 106 Å². The molecule has 15 heavy (non-hydrogen) atoms. The van der Waals surface area contributed by atoms with Crippen molar-refractivity contribution in [1.29, 1.82) is 0 Å². The van der Waals surface area contributed by atoms with Gasteiger partial charge < -0.3 is 5.32 Å². The smallest absolute Gasteiger partial charge is 0.273 e. The molecule has 2 rings (SSSR count). The SMILES string of the molecule is O=C1NC(=S)N/C1=C/c1ccc(I)cc1. The summed E-state index contributed by atoms with van der Waals surface area (Å²) in [6.45, 7) is 0. The molecule has 0 spiro atoms. The van der Waals surface area contributed by atoms with Gasteiger partial charge in [-0.3, -0.25) is 10.1 Å². The average molecular weight is 330 g/mol. The molecule has 0 atom stereocenters. The Balaban J connectivity index is 2.27. The lowest BCUT2D eigenvalue weighted by Gasteiger charge is -1.96. The summed E-state index contributed by atoms with van der Waals surface area (Å²) in [5.41, 5.74) is 1.46. The van der Waals surface area contributed by atoms with Crippen molar-refractivity contribution < 1.29 is 4.79 Å². The fourth-order valence-electron chi connectivity index (χ4n) is 1.21. The minimum Gasteiger partial charge on any atom is -0.328 e. The monoisotopic (exact) mass is 330 g/mol. The van der Waals surface area contributed by atoms with Crippen LogP contribution in [0, 0.1) is 3.57 Å². The molecule has 0 aromatic heterocycles. The van der Waals surface area contributed by atoms with Crippen LogP contribution in [-0.4, -0.2) is 11.0 Å². The van der Waals surface area contributed by atoms with Gasteiger partial charge in [0.25, 0.3) is 5.91 Å². The zero-order valence-corrected chi connectivity index (χ0v) is 10.6. The standard InChI is InChI=1S/C10H7IN2OS/c11-7-3-1-6(2-4-7)5-8-9(14)13-10(15)12-8/h1-5H,(H2,12,13,14,15)/b8-5+. The molecule has 0 bridgehead atoms. The Hall–Kier alpha value is -0.950. The summed E-state index contributed by atoms with van der Waals surface area (Å²) in [6, 6.07) is 7.87. The third-order valence-electron chi connectivity index (χ3n) is 1.90. The second kappa shape index (κ2) is 4.28. The predicted molar refractivity (Wildman–Crippen MR) is 71.0 cm³/mol. The summed E-state index contributed by atoms with van der Waals surface area (Å²) in [7, 11) is 0. The molecule has 0 unspecified atom stereocenters. The highest BCUT2D eigenvalue weighted by molar-refractivity contribution is 14.1. The molecule has 1 aliphatic rings. The van der Waals surface area contributed by atoms with Crippen molar-refractivity contribution >= 4 is 51.9 Å². The Morgan fingerprint density at radius 1 is 1.20 bits per heavy atom. The molecular formula is C10H7IN2OS. The van der Waals surface area contributed by atoms with Crippen LogP contribution >= 0.6 is 34.8 Å². The van der Waals surface area contributed by atoms with Crippen LogP contribution in [-0.2, 0) is 4.79 Å². The number of thiocarbonyl (C=S) groups is 1. The van der Waals surface area contributed by atoms with Crippen LogP contribution in [0.15, 0.2) is 30.0 Å². The molecule has 1 heterocycles. The first-order valence-electron chi connectivity index (χ1n) is 4.25. The Bertz CT molecular complexity index is 453. The number of halogens is 1. The minimum atomic E-state index is -0.182. The maximum Gasteiger partial charge on any atom is 0.273 e. The summed E-state index contributed by atoms with van der Waals surface area (Å²) >= 11 is 7.06. The van der Waals surface area contributed by atoms with Crippen molar-refractivity contribution in [1.82, 2.24) is 10.6 Å². The van der Waals surface area contributed by atoms with E-state index in [1.165, 1.54) is 0 Å². The maximum atomic E-state index is 11.3. The van der Waals surface area contributed by atoms with E-state index in [1.807, 2.05) is 24.3 Å². The third kappa shape index (κ3) is 2.54. The third-order valence-corrected chi connectivity index (χ3v) is 2.82. The van der Waals surface area contributed by atoms with Gasteiger partial charge in [0.05, 0.1) is 0 Å². The first-order chi connectivity index (χ1) is 7.15. The van der Waals surface area contributed by atoms with Crippen molar-refractivity contribution in [2.24, 2.45) is 0 Å². The first-order valence-corrected chi connectivity index (χ1v) is 5.73. The van der Waals surface area contributed by atoms with Gasteiger partial charge in [-0.1, -0.05) is 12.1 Å². The van der Waals surface area contributed by atoms with Gasteiger partial charge >= 0.3 is 0 Å². The van der Waals surface area contributed by atoms with Crippen LogP contribution in [0.1, 0.15) is 5.56 Å². The van der Waals surface area contributed by atoms with E-state index in [2.05, 4.69) is 33.2 Å². The van der Waals surface area contributed by atoms with Gasteiger partial charge in [-0.25, -0.2) is 0 Å². The Morgan fingerprint density at radius 2 is 1.87 bits per heavy atom. The molecule has 1 aromatic carbocycles. The topological polar surface area (TPSA) is 41.1 Å². The number of hydrogen-bond acceptors (Lipinski definition) is 2. The number of carbonyl (C=O) groups is 1. The maximum absolute atomic E-state index is 11.3. The number of nitrogens with one attached hydrogen (secondary N) is 2. The van der Waals surface area contributed by atoms with Crippen LogP contribution in [0.3, 0.4) is 0 Å². The van der Waals surface area contributed by atoms with Crippen molar-refractivity contribution in [2.45, 2.75) is 0 Å². The summed E-state index contributed by atoms with van der Waals surface area (Å²) in [4.78, 5) is 11.3. The zero-order chi connectivity index (χ0) is 10.8. The molecule has 1 amide bonds. The zero-order valence-electron chi connectivity index (χ0n) is 7.58. The van der Waals surface area contributed by atoms with Crippen molar-refractivity contribution in [3.05, 3.63) is 39.1 Å². The van der Waals surface area contributed by atoms with E-state index in [0.717, 1.165) is 9.13 Å². The lowest BCUT2D eigenvalue weighted by Crippen LogP contribution is -2.21. The fraction of sp³-hybridized carbons (Fsp3) is 0. The molecule has 76 valence electrons. The molecule has 2 N–H and O–H groups in total. The largest absolute Gasteiger partial charge is 0.328 e. The van der Waals surface area contributed by atoms with Crippen LogP contribution in [0.5, 0.6) is 0 Å². The molecule has 1 aliphatic heterocycles. The summed E-state index contributed by atoms with van der Waals surface area (Å²) < 4.78 is 1.16. The lowest BCUT2D eigenvalue weighted by molar-refractivity contribution is -0.115. The first kappa shape index (κ1) is 10.6. The summed E-state index contributed by atoms with van der Waals surface area (Å²) in [5, 5.41) is 5.66. The predicted octanol–water partition coefficient (Wildman–Crippen LogP) is 1.64. The average Bonchev–Trinajstić information content (AvgIpc) is 2.49. The van der Waals surface area contributed by atoms with E-state index in [9.17, 15) is 4.79 Å². The Morgan fingerprint density at radius 3 is 2.40 bits per heavy atom. The van der Waals surface area contributed by atoms with Gasteiger partial charge in [0.1, 0.15) is 5.70 Å². The van der Waals surface area contributed by atoms with Gasteiger partial charge in [-0.05, 0) is 58.6 Å². The lowest BCUT2D eigenvalue weighted by atomic mass is 10.2. The van der Waals surface area contributed by atoms with E-state index >= 15 is 0 Å². The second-order valence-corrected chi connectivity index (χ2v) is 4.67. The normalized spacial score (nSPS) is 17.8. The van der Waals surface area contributed by atoms with Gasteiger partial charge in [0.15, 0.2) is 5.11 Å². The van der Waals surface area contributed by atoms with E-state index in [1.54, 1.807) is 6.08 Å². The highest BCUT2D eigenvalue weighted by atomic mass is 127. The molecule has 3 nitrogen and oxygen atoms in total. The summed E-state index contributed by atoms with van der Waals surface area (Å²) in [5.74, 6) is -0.182. The highest BCUT2D eigenvalue weighted by Gasteiger charge is 2.19. The van der Waals surface area contributed by atoms with Crippen molar-refractivity contribution in [3.8, 4) is 0 Å². The van der Waals surface area contributed by atoms with Crippen molar-refractivity contribution in [3.63, 3.8) is 0 Å². The number of benzene rings is 1. The van der Waals surface area contributed by atoms with Gasteiger partial charge in [0, 0.05) is 3.57 Å². The van der Waals surface area contributed by atoms with Crippen LogP contribution < -0.4 is 10.6 Å². The summed E-state index contributed by atoms with van der Waals surface area (Å²) in [6.07, 6.45) is 1.77. The van der Waals surface area contributed by atoms with Gasteiger partial charge in [0.2, 0.25) is 0 Å². The van der Waals surface area contributed by atoms with Gasteiger partial charge in [-0.15, -0.1) is 0 Å². The molecular weight excluding hydrogens is 323 g/mol. The number of amides is 1. The fourth-order valence-corrected chi connectivity index (χ4v) is 1.77. The minimum absolute atomic E-state index is 0.182. The van der Waals surface area contributed by atoms with E-state index in [0.29, 0.717) is 10.8 Å². The molecule has 1 fully saturated rings. The quantitative estimate of drug-likeness (QED) is 0.467. The molecule has 1 saturated heterocycles. The molecule has 5 heteroatoms. The van der Waals surface area contributed by atoms with E-state index < -0.39 is 0 Å². The van der Waals surface area contributed by atoms with E-state index in [4.69, 9.17) is 12.2 Å². The number of hydrogen-bond donors (Lipinski definition) is 2. The highest BCUT2D eigenvalue weighted by Crippen LogP contribution is 2.11.